The highest BCUT2D eigenvalue weighted by Crippen LogP contribution is 2.22. The SMILES string of the molecule is Cc1nn(C)c(C)c1S(=O)(=O)Nc1cnn(CC2CCCCO2)c1. The Balaban J connectivity index is 1.73. The molecule has 0 spiro atoms. The zero-order valence-electron chi connectivity index (χ0n) is 14.2. The zero-order valence-corrected chi connectivity index (χ0v) is 15.0. The molecule has 1 atom stereocenters. The van der Waals surface area contributed by atoms with Gasteiger partial charge in [-0.15, -0.1) is 0 Å². The fourth-order valence-corrected chi connectivity index (χ4v) is 4.49. The molecule has 2 aromatic rings. The van der Waals surface area contributed by atoms with Crippen molar-refractivity contribution in [2.45, 2.75) is 50.7 Å². The number of aryl methyl sites for hydroxylation is 2. The van der Waals surface area contributed by atoms with Crippen LogP contribution in [0.3, 0.4) is 0 Å². The molecule has 1 unspecified atom stereocenters. The first-order valence-corrected chi connectivity index (χ1v) is 9.52. The lowest BCUT2D eigenvalue weighted by Crippen LogP contribution is -2.24. The first-order chi connectivity index (χ1) is 11.4. The van der Waals surface area contributed by atoms with Crippen molar-refractivity contribution in [3.8, 4) is 0 Å². The van der Waals surface area contributed by atoms with E-state index in [0.717, 1.165) is 25.9 Å². The van der Waals surface area contributed by atoms with Gasteiger partial charge in [0.25, 0.3) is 10.0 Å². The van der Waals surface area contributed by atoms with Crippen LogP contribution in [0.4, 0.5) is 5.69 Å². The molecule has 1 aliphatic rings. The summed E-state index contributed by atoms with van der Waals surface area (Å²) in [7, 11) is -1.97. The molecule has 132 valence electrons. The Hall–Kier alpha value is -1.87. The smallest absolute Gasteiger partial charge is 0.265 e. The van der Waals surface area contributed by atoms with Crippen molar-refractivity contribution in [3.05, 3.63) is 23.8 Å². The first-order valence-electron chi connectivity index (χ1n) is 8.04. The van der Waals surface area contributed by atoms with Crippen LogP contribution in [0.5, 0.6) is 0 Å². The summed E-state index contributed by atoms with van der Waals surface area (Å²) in [5.74, 6) is 0. The number of anilines is 1. The normalized spacial score (nSPS) is 18.7. The molecule has 0 bridgehead atoms. The maximum Gasteiger partial charge on any atom is 0.265 e. The molecule has 24 heavy (non-hydrogen) atoms. The van der Waals surface area contributed by atoms with Crippen LogP contribution in [-0.4, -0.2) is 40.7 Å². The van der Waals surface area contributed by atoms with Gasteiger partial charge in [-0.2, -0.15) is 10.2 Å². The quantitative estimate of drug-likeness (QED) is 0.882. The molecule has 1 saturated heterocycles. The van der Waals surface area contributed by atoms with Crippen LogP contribution >= 0.6 is 0 Å². The summed E-state index contributed by atoms with van der Waals surface area (Å²) in [6, 6.07) is 0. The molecule has 1 N–H and O–H groups in total. The lowest BCUT2D eigenvalue weighted by Gasteiger charge is -2.22. The van der Waals surface area contributed by atoms with Crippen molar-refractivity contribution in [2.24, 2.45) is 7.05 Å². The van der Waals surface area contributed by atoms with Crippen LogP contribution in [0.25, 0.3) is 0 Å². The Bertz CT molecular complexity index is 818. The minimum Gasteiger partial charge on any atom is -0.376 e. The number of nitrogens with zero attached hydrogens (tertiary/aromatic N) is 4. The number of aromatic nitrogens is 4. The van der Waals surface area contributed by atoms with Gasteiger partial charge in [-0.25, -0.2) is 8.42 Å². The minimum absolute atomic E-state index is 0.144. The van der Waals surface area contributed by atoms with Gasteiger partial charge in [0.15, 0.2) is 0 Å². The molecule has 0 aliphatic carbocycles. The summed E-state index contributed by atoms with van der Waals surface area (Å²) >= 11 is 0. The van der Waals surface area contributed by atoms with Gasteiger partial charge in [0.2, 0.25) is 0 Å². The lowest BCUT2D eigenvalue weighted by atomic mass is 10.1. The van der Waals surface area contributed by atoms with Crippen molar-refractivity contribution in [1.29, 1.82) is 0 Å². The molecule has 3 rings (SSSR count). The number of rotatable bonds is 5. The van der Waals surface area contributed by atoms with Gasteiger partial charge in [0, 0.05) is 19.9 Å². The summed E-state index contributed by atoms with van der Waals surface area (Å²) in [4.78, 5) is 0.216. The molecule has 3 heterocycles. The second-order valence-corrected chi connectivity index (χ2v) is 7.79. The second-order valence-electron chi connectivity index (χ2n) is 6.17. The number of hydrogen-bond donors (Lipinski definition) is 1. The molecular formula is C15H23N5O3S. The Morgan fingerprint density at radius 3 is 2.79 bits per heavy atom. The van der Waals surface area contributed by atoms with E-state index in [1.165, 1.54) is 6.20 Å². The molecule has 0 aromatic carbocycles. The van der Waals surface area contributed by atoms with Gasteiger partial charge >= 0.3 is 0 Å². The highest BCUT2D eigenvalue weighted by molar-refractivity contribution is 7.92. The fourth-order valence-electron chi connectivity index (χ4n) is 3.03. The molecular weight excluding hydrogens is 330 g/mol. The number of sulfonamides is 1. The molecule has 8 nitrogen and oxygen atoms in total. The van der Waals surface area contributed by atoms with Crippen molar-refractivity contribution in [1.82, 2.24) is 19.6 Å². The summed E-state index contributed by atoms with van der Waals surface area (Å²) in [5, 5.41) is 8.39. The van der Waals surface area contributed by atoms with Crippen LogP contribution in [0.1, 0.15) is 30.7 Å². The predicted molar refractivity (Wildman–Crippen MR) is 89.3 cm³/mol. The van der Waals surface area contributed by atoms with Crippen LogP contribution < -0.4 is 4.72 Å². The summed E-state index contributed by atoms with van der Waals surface area (Å²) < 4.78 is 36.8. The van der Waals surface area contributed by atoms with Crippen molar-refractivity contribution >= 4 is 15.7 Å². The maximum atomic E-state index is 12.6. The topological polar surface area (TPSA) is 91.0 Å². The van der Waals surface area contributed by atoms with E-state index in [-0.39, 0.29) is 11.0 Å². The van der Waals surface area contributed by atoms with Gasteiger partial charge in [-0.3, -0.25) is 14.1 Å². The molecule has 1 aliphatic heterocycles. The molecule has 0 saturated carbocycles. The van der Waals surface area contributed by atoms with Gasteiger partial charge in [-0.1, -0.05) is 0 Å². The highest BCUT2D eigenvalue weighted by Gasteiger charge is 2.24. The minimum atomic E-state index is -3.69. The zero-order chi connectivity index (χ0) is 17.3. The highest BCUT2D eigenvalue weighted by atomic mass is 32.2. The molecule has 1 fully saturated rings. The van der Waals surface area contributed by atoms with E-state index in [0.29, 0.717) is 23.6 Å². The lowest BCUT2D eigenvalue weighted by molar-refractivity contribution is 0.00401. The van der Waals surface area contributed by atoms with Crippen molar-refractivity contribution < 1.29 is 13.2 Å². The summed E-state index contributed by atoms with van der Waals surface area (Å²) in [6.07, 6.45) is 6.62. The van der Waals surface area contributed by atoms with E-state index in [4.69, 9.17) is 4.74 Å². The van der Waals surface area contributed by atoms with E-state index in [2.05, 4.69) is 14.9 Å². The molecule has 0 amide bonds. The largest absolute Gasteiger partial charge is 0.376 e. The monoisotopic (exact) mass is 353 g/mol. The molecule has 0 radical (unpaired) electrons. The number of hydrogen-bond acceptors (Lipinski definition) is 5. The average Bonchev–Trinajstić information content (AvgIpc) is 3.04. The number of ether oxygens (including phenoxy) is 1. The van der Waals surface area contributed by atoms with E-state index < -0.39 is 10.0 Å². The maximum absolute atomic E-state index is 12.6. The Labute approximate surface area is 141 Å². The molecule has 2 aromatic heterocycles. The summed E-state index contributed by atoms with van der Waals surface area (Å²) in [6.45, 7) is 4.83. The fraction of sp³-hybridized carbons (Fsp3) is 0.600. The van der Waals surface area contributed by atoms with E-state index >= 15 is 0 Å². The number of nitrogens with one attached hydrogen (secondary N) is 1. The van der Waals surface area contributed by atoms with Gasteiger partial charge in [0.05, 0.1) is 35.9 Å². The second kappa shape index (κ2) is 6.56. The third kappa shape index (κ3) is 3.46. The van der Waals surface area contributed by atoms with E-state index in [9.17, 15) is 8.42 Å². The van der Waals surface area contributed by atoms with Crippen molar-refractivity contribution in [3.63, 3.8) is 0 Å². The van der Waals surface area contributed by atoms with Gasteiger partial charge in [-0.05, 0) is 33.1 Å². The Morgan fingerprint density at radius 2 is 2.17 bits per heavy atom. The van der Waals surface area contributed by atoms with E-state index in [1.807, 2.05) is 0 Å². The summed E-state index contributed by atoms with van der Waals surface area (Å²) in [5.41, 5.74) is 1.52. The Morgan fingerprint density at radius 1 is 1.38 bits per heavy atom. The van der Waals surface area contributed by atoms with Gasteiger partial charge in [0.1, 0.15) is 4.90 Å². The van der Waals surface area contributed by atoms with Gasteiger partial charge < -0.3 is 4.74 Å². The van der Waals surface area contributed by atoms with Crippen molar-refractivity contribution in [2.75, 3.05) is 11.3 Å². The third-order valence-electron chi connectivity index (χ3n) is 4.26. The average molecular weight is 353 g/mol. The van der Waals surface area contributed by atoms with Crippen LogP contribution in [0.2, 0.25) is 0 Å². The predicted octanol–water partition coefficient (Wildman–Crippen LogP) is 1.60. The van der Waals surface area contributed by atoms with Crippen LogP contribution in [0, 0.1) is 13.8 Å². The Kier molecular flexibility index (Phi) is 4.64. The standard InChI is InChI=1S/C15H23N5O3S/c1-11-15(12(2)19(3)17-11)24(21,22)18-13-8-16-20(9-13)10-14-6-4-5-7-23-14/h8-9,14,18H,4-7,10H2,1-3H3. The van der Waals surface area contributed by atoms with Crippen LogP contribution in [0.15, 0.2) is 17.3 Å². The first kappa shape index (κ1) is 17.0. The van der Waals surface area contributed by atoms with Crippen LogP contribution in [-0.2, 0) is 28.4 Å². The molecule has 9 heteroatoms. The van der Waals surface area contributed by atoms with E-state index in [1.54, 1.807) is 36.5 Å². The third-order valence-corrected chi connectivity index (χ3v) is 5.89.